The molecule has 0 atom stereocenters. The zero-order chi connectivity index (χ0) is 27.8. The number of nitro groups is 1. The number of rotatable bonds is 8. The fourth-order valence-corrected chi connectivity index (χ4v) is 3.50. The van der Waals surface area contributed by atoms with E-state index in [2.05, 4.69) is 15.8 Å². The van der Waals surface area contributed by atoms with Crippen LogP contribution in [-0.2, 0) is 0 Å². The Morgan fingerprint density at radius 3 is 2.23 bits per heavy atom. The summed E-state index contributed by atoms with van der Waals surface area (Å²) in [4.78, 5) is 48.0. The van der Waals surface area contributed by atoms with Crippen molar-refractivity contribution in [2.24, 2.45) is 5.10 Å². The van der Waals surface area contributed by atoms with Gasteiger partial charge in [-0.1, -0.05) is 35.9 Å². The maximum atomic E-state index is 12.5. The Balaban J connectivity index is 1.43. The smallest absolute Gasteiger partial charge is 0.343 e. The van der Waals surface area contributed by atoms with Crippen LogP contribution in [0.2, 0.25) is 0 Å². The van der Waals surface area contributed by atoms with Gasteiger partial charge in [-0.2, -0.15) is 5.10 Å². The van der Waals surface area contributed by atoms with E-state index in [9.17, 15) is 24.5 Å². The molecule has 0 fully saturated rings. The number of esters is 1. The van der Waals surface area contributed by atoms with Gasteiger partial charge in [0.15, 0.2) is 0 Å². The number of ether oxygens (including phenoxy) is 1. The molecule has 4 rings (SSSR count). The molecule has 0 saturated carbocycles. The molecule has 10 heteroatoms. The molecule has 39 heavy (non-hydrogen) atoms. The van der Waals surface area contributed by atoms with E-state index in [-0.39, 0.29) is 28.5 Å². The Hall–Kier alpha value is -5.64. The number of aryl methyl sites for hydroxylation is 1. The number of anilines is 1. The van der Waals surface area contributed by atoms with E-state index in [1.807, 2.05) is 13.0 Å². The van der Waals surface area contributed by atoms with Crippen LogP contribution in [0.4, 0.5) is 11.4 Å². The monoisotopic (exact) mass is 522 g/mol. The Bertz CT molecular complexity index is 1570. The van der Waals surface area contributed by atoms with Crippen molar-refractivity contribution >= 4 is 35.4 Å². The SMILES string of the molecule is Cc1cccc(C(=O)Nc2ccc(C(=O)N/N=C/c3cc([N+](=O)[O-])ccc3OC(=O)c3ccccc3)cc2)c1. The van der Waals surface area contributed by atoms with Crippen LogP contribution in [0.15, 0.2) is 102 Å². The molecule has 194 valence electrons. The lowest BCUT2D eigenvalue weighted by Gasteiger charge is -2.08. The number of nitrogens with zero attached hydrogens (tertiary/aromatic N) is 2. The summed E-state index contributed by atoms with van der Waals surface area (Å²) in [6.45, 7) is 1.89. The number of nitro benzene ring substituents is 1. The summed E-state index contributed by atoms with van der Waals surface area (Å²) in [6.07, 6.45) is 1.15. The third-order valence-electron chi connectivity index (χ3n) is 5.47. The normalized spacial score (nSPS) is 10.6. The second-order valence-corrected chi connectivity index (χ2v) is 8.33. The largest absolute Gasteiger partial charge is 0.422 e. The maximum Gasteiger partial charge on any atom is 0.343 e. The molecule has 4 aromatic carbocycles. The van der Waals surface area contributed by atoms with E-state index in [4.69, 9.17) is 4.74 Å². The molecule has 0 aliphatic rings. The Labute approximate surface area is 223 Å². The lowest BCUT2D eigenvalue weighted by atomic mass is 10.1. The van der Waals surface area contributed by atoms with Gasteiger partial charge >= 0.3 is 5.97 Å². The summed E-state index contributed by atoms with van der Waals surface area (Å²) in [5.74, 6) is -1.46. The van der Waals surface area contributed by atoms with Crippen LogP contribution >= 0.6 is 0 Å². The van der Waals surface area contributed by atoms with Gasteiger partial charge in [-0.25, -0.2) is 10.2 Å². The average Bonchev–Trinajstić information content (AvgIpc) is 2.94. The molecule has 0 aromatic heterocycles. The molecule has 0 unspecified atom stereocenters. The second kappa shape index (κ2) is 12.1. The first-order valence-corrected chi connectivity index (χ1v) is 11.7. The third kappa shape index (κ3) is 6.98. The highest BCUT2D eigenvalue weighted by Gasteiger charge is 2.15. The van der Waals surface area contributed by atoms with Crippen molar-refractivity contribution in [3.05, 3.63) is 135 Å². The fraction of sp³-hybridized carbons (Fsp3) is 0.0345. The standard InChI is InChI=1S/C29H22N4O6/c1-19-6-5-9-22(16-19)27(34)31-24-12-10-20(11-13-24)28(35)32-30-18-23-17-25(33(37)38)14-15-26(23)39-29(36)21-7-3-2-4-8-21/h2-18H,1H3,(H,31,34)(H,32,35)/b30-18+. The lowest BCUT2D eigenvalue weighted by Crippen LogP contribution is -2.18. The molecule has 0 aliphatic carbocycles. The van der Waals surface area contributed by atoms with Gasteiger partial charge in [0.2, 0.25) is 0 Å². The van der Waals surface area contributed by atoms with E-state index in [1.54, 1.807) is 60.7 Å². The van der Waals surface area contributed by atoms with Crippen molar-refractivity contribution in [1.29, 1.82) is 0 Å². The lowest BCUT2D eigenvalue weighted by molar-refractivity contribution is -0.384. The first-order valence-electron chi connectivity index (χ1n) is 11.7. The topological polar surface area (TPSA) is 140 Å². The van der Waals surface area contributed by atoms with Gasteiger partial charge in [0.1, 0.15) is 5.75 Å². The number of carbonyl (C=O) groups excluding carboxylic acids is 3. The molecule has 0 bridgehead atoms. The summed E-state index contributed by atoms with van der Waals surface area (Å²) >= 11 is 0. The molecule has 10 nitrogen and oxygen atoms in total. The van der Waals surface area contributed by atoms with Gasteiger partial charge in [-0.05, 0) is 61.5 Å². The second-order valence-electron chi connectivity index (χ2n) is 8.33. The van der Waals surface area contributed by atoms with Crippen molar-refractivity contribution in [3.8, 4) is 5.75 Å². The zero-order valence-electron chi connectivity index (χ0n) is 20.7. The average molecular weight is 523 g/mol. The van der Waals surface area contributed by atoms with E-state index in [0.29, 0.717) is 16.8 Å². The third-order valence-corrected chi connectivity index (χ3v) is 5.47. The van der Waals surface area contributed by atoms with E-state index in [0.717, 1.165) is 11.8 Å². The highest BCUT2D eigenvalue weighted by molar-refractivity contribution is 6.04. The molecule has 2 amide bonds. The van der Waals surface area contributed by atoms with Crippen LogP contribution < -0.4 is 15.5 Å². The number of amides is 2. The number of nitrogens with one attached hydrogen (secondary N) is 2. The first kappa shape index (κ1) is 26.4. The maximum absolute atomic E-state index is 12.5. The molecule has 0 radical (unpaired) electrons. The Morgan fingerprint density at radius 2 is 1.54 bits per heavy atom. The van der Waals surface area contributed by atoms with Crippen molar-refractivity contribution in [2.45, 2.75) is 6.92 Å². The predicted octanol–water partition coefficient (Wildman–Crippen LogP) is 5.14. The van der Waals surface area contributed by atoms with Gasteiger partial charge in [0.25, 0.3) is 17.5 Å². The summed E-state index contributed by atoms with van der Waals surface area (Å²) in [5, 5.41) is 17.9. The predicted molar refractivity (Wildman–Crippen MR) is 145 cm³/mol. The minimum Gasteiger partial charge on any atom is -0.422 e. The van der Waals surface area contributed by atoms with E-state index in [1.165, 1.54) is 30.3 Å². The number of hydrogen-bond donors (Lipinski definition) is 2. The number of non-ortho nitro benzene ring substituents is 1. The number of hydrogen-bond acceptors (Lipinski definition) is 7. The van der Waals surface area contributed by atoms with Gasteiger partial charge in [-0.3, -0.25) is 19.7 Å². The molecule has 4 aromatic rings. The molecule has 2 N–H and O–H groups in total. The number of benzene rings is 4. The number of hydrazone groups is 1. The highest BCUT2D eigenvalue weighted by Crippen LogP contribution is 2.24. The molecule has 0 saturated heterocycles. The Morgan fingerprint density at radius 1 is 0.821 bits per heavy atom. The summed E-state index contributed by atoms with van der Waals surface area (Å²) in [7, 11) is 0. The summed E-state index contributed by atoms with van der Waals surface area (Å²) in [6, 6.07) is 25.2. The van der Waals surface area contributed by atoms with Crippen molar-refractivity contribution in [3.63, 3.8) is 0 Å². The Kier molecular flexibility index (Phi) is 8.17. The highest BCUT2D eigenvalue weighted by atomic mass is 16.6. The van der Waals surface area contributed by atoms with E-state index >= 15 is 0 Å². The van der Waals surface area contributed by atoms with Gasteiger partial charge < -0.3 is 10.1 Å². The minimum absolute atomic E-state index is 0.0288. The summed E-state index contributed by atoms with van der Waals surface area (Å²) < 4.78 is 5.39. The minimum atomic E-state index is -0.655. The molecule has 0 aliphatic heterocycles. The van der Waals surface area contributed by atoms with Crippen molar-refractivity contribution in [2.75, 3.05) is 5.32 Å². The van der Waals surface area contributed by atoms with Crippen LogP contribution in [0.3, 0.4) is 0 Å². The van der Waals surface area contributed by atoms with Gasteiger partial charge in [0.05, 0.1) is 16.7 Å². The van der Waals surface area contributed by atoms with Crippen LogP contribution in [0.1, 0.15) is 42.2 Å². The van der Waals surface area contributed by atoms with Gasteiger partial charge in [0, 0.05) is 34.5 Å². The van der Waals surface area contributed by atoms with Crippen LogP contribution in [0.5, 0.6) is 5.75 Å². The quantitative estimate of drug-likeness (QED) is 0.108. The first-order chi connectivity index (χ1) is 18.8. The van der Waals surface area contributed by atoms with Crippen LogP contribution in [-0.4, -0.2) is 28.9 Å². The van der Waals surface area contributed by atoms with E-state index < -0.39 is 16.8 Å². The molecule has 0 heterocycles. The van der Waals surface area contributed by atoms with Crippen molar-refractivity contribution < 1.29 is 24.0 Å². The van der Waals surface area contributed by atoms with Crippen molar-refractivity contribution in [1.82, 2.24) is 5.43 Å². The van der Waals surface area contributed by atoms with Crippen LogP contribution in [0, 0.1) is 17.0 Å². The van der Waals surface area contributed by atoms with Gasteiger partial charge in [-0.15, -0.1) is 0 Å². The molecule has 0 spiro atoms. The summed E-state index contributed by atoms with van der Waals surface area (Å²) in [5.41, 5.74) is 4.74. The number of carbonyl (C=O) groups is 3. The molecular formula is C29H22N4O6. The fourth-order valence-electron chi connectivity index (χ4n) is 3.50. The zero-order valence-corrected chi connectivity index (χ0v) is 20.7. The van der Waals surface area contributed by atoms with Crippen LogP contribution in [0.25, 0.3) is 0 Å². The molecular weight excluding hydrogens is 500 g/mol.